The molecular formula is C12H22N2O. The van der Waals surface area contributed by atoms with Crippen LogP contribution in [0, 0.1) is 11.8 Å². The lowest BCUT2D eigenvalue weighted by molar-refractivity contribution is -0.124. The molecule has 0 radical (unpaired) electrons. The Hall–Kier alpha value is -0.570. The third kappa shape index (κ3) is 2.51. The van der Waals surface area contributed by atoms with E-state index in [2.05, 4.69) is 5.32 Å². The highest BCUT2D eigenvalue weighted by Gasteiger charge is 2.35. The Morgan fingerprint density at radius 3 is 2.47 bits per heavy atom. The molecule has 1 aliphatic heterocycles. The number of piperidine rings is 1. The van der Waals surface area contributed by atoms with Gasteiger partial charge in [-0.1, -0.05) is 19.3 Å². The Kier molecular flexibility index (Phi) is 3.62. The molecule has 0 aromatic heterocycles. The van der Waals surface area contributed by atoms with E-state index < -0.39 is 0 Å². The number of primary amides is 1. The molecule has 2 rings (SSSR count). The predicted octanol–water partition coefficient (Wildman–Crippen LogP) is 1.42. The second-order valence-electron chi connectivity index (χ2n) is 5.03. The molecule has 0 spiro atoms. The van der Waals surface area contributed by atoms with Crippen LogP contribution < -0.4 is 11.1 Å². The number of nitrogens with two attached hydrogens (primary N) is 1. The molecule has 2 aliphatic rings. The maximum Gasteiger partial charge on any atom is 0.222 e. The van der Waals surface area contributed by atoms with Crippen molar-refractivity contribution in [3.8, 4) is 0 Å². The van der Waals surface area contributed by atoms with Gasteiger partial charge in [-0.25, -0.2) is 0 Å². The summed E-state index contributed by atoms with van der Waals surface area (Å²) in [7, 11) is 0. The summed E-state index contributed by atoms with van der Waals surface area (Å²) in [6, 6.07) is 0.372. The standard InChI is InChI=1S/C12H22N2O/c13-12(15)10-7-4-8-14-11(10)9-5-2-1-3-6-9/h9-11,14H,1-8H2,(H2,13,15). The molecule has 1 saturated heterocycles. The maximum absolute atomic E-state index is 11.4. The van der Waals surface area contributed by atoms with Gasteiger partial charge >= 0.3 is 0 Å². The van der Waals surface area contributed by atoms with Gasteiger partial charge in [-0.15, -0.1) is 0 Å². The van der Waals surface area contributed by atoms with Crippen molar-refractivity contribution in [3.05, 3.63) is 0 Å². The summed E-state index contributed by atoms with van der Waals surface area (Å²) in [5.74, 6) is 0.677. The Labute approximate surface area is 91.8 Å². The summed E-state index contributed by atoms with van der Waals surface area (Å²) >= 11 is 0. The fourth-order valence-corrected chi connectivity index (χ4v) is 3.22. The highest BCUT2D eigenvalue weighted by atomic mass is 16.1. The molecule has 2 atom stereocenters. The minimum absolute atomic E-state index is 0.0850. The van der Waals surface area contributed by atoms with Gasteiger partial charge in [0.25, 0.3) is 0 Å². The molecule has 1 amide bonds. The molecule has 0 aromatic carbocycles. The first kappa shape index (κ1) is 10.9. The number of hydrogen-bond donors (Lipinski definition) is 2. The Morgan fingerprint density at radius 1 is 1.07 bits per heavy atom. The van der Waals surface area contributed by atoms with Gasteiger partial charge in [-0.05, 0) is 38.1 Å². The monoisotopic (exact) mass is 210 g/mol. The molecule has 0 bridgehead atoms. The Morgan fingerprint density at radius 2 is 1.80 bits per heavy atom. The van der Waals surface area contributed by atoms with E-state index in [0.29, 0.717) is 12.0 Å². The smallest absolute Gasteiger partial charge is 0.222 e. The molecule has 3 nitrogen and oxygen atoms in total. The van der Waals surface area contributed by atoms with Crippen LogP contribution in [0.5, 0.6) is 0 Å². The molecule has 0 aromatic rings. The van der Waals surface area contributed by atoms with Gasteiger partial charge < -0.3 is 11.1 Å². The van der Waals surface area contributed by atoms with E-state index in [4.69, 9.17) is 5.73 Å². The highest BCUT2D eigenvalue weighted by molar-refractivity contribution is 5.77. The zero-order valence-corrected chi connectivity index (χ0v) is 9.37. The van der Waals surface area contributed by atoms with E-state index in [0.717, 1.165) is 19.4 Å². The summed E-state index contributed by atoms with van der Waals surface area (Å²) < 4.78 is 0. The number of carbonyl (C=O) groups is 1. The van der Waals surface area contributed by atoms with Crippen molar-refractivity contribution in [2.24, 2.45) is 17.6 Å². The van der Waals surface area contributed by atoms with Crippen molar-refractivity contribution >= 4 is 5.91 Å². The maximum atomic E-state index is 11.4. The third-order valence-corrected chi connectivity index (χ3v) is 4.03. The van der Waals surface area contributed by atoms with Gasteiger partial charge in [-0.3, -0.25) is 4.79 Å². The minimum atomic E-state index is -0.0993. The molecule has 1 heterocycles. The summed E-state index contributed by atoms with van der Waals surface area (Å²) in [5.41, 5.74) is 5.49. The topological polar surface area (TPSA) is 55.1 Å². The average Bonchev–Trinajstić information content (AvgIpc) is 2.30. The SMILES string of the molecule is NC(=O)C1CCCNC1C1CCCCC1. The van der Waals surface area contributed by atoms with Crippen LogP contribution in [0.1, 0.15) is 44.9 Å². The molecule has 3 N–H and O–H groups in total. The van der Waals surface area contributed by atoms with E-state index in [-0.39, 0.29) is 11.8 Å². The van der Waals surface area contributed by atoms with Crippen molar-refractivity contribution in [1.29, 1.82) is 0 Å². The van der Waals surface area contributed by atoms with Crippen LogP contribution in [-0.4, -0.2) is 18.5 Å². The lowest BCUT2D eigenvalue weighted by Crippen LogP contribution is -2.51. The fraction of sp³-hybridized carbons (Fsp3) is 0.917. The van der Waals surface area contributed by atoms with E-state index in [9.17, 15) is 4.79 Å². The first-order valence-electron chi connectivity index (χ1n) is 6.32. The molecule has 1 saturated carbocycles. The zero-order valence-electron chi connectivity index (χ0n) is 9.37. The molecule has 86 valence electrons. The molecule has 1 aliphatic carbocycles. The number of hydrogen-bond acceptors (Lipinski definition) is 2. The average molecular weight is 210 g/mol. The van der Waals surface area contributed by atoms with Gasteiger partial charge in [-0.2, -0.15) is 0 Å². The van der Waals surface area contributed by atoms with Gasteiger partial charge in [0.1, 0.15) is 0 Å². The summed E-state index contributed by atoms with van der Waals surface area (Å²) in [6.45, 7) is 1.06. The molecule has 2 unspecified atom stereocenters. The van der Waals surface area contributed by atoms with Crippen molar-refractivity contribution in [2.45, 2.75) is 51.0 Å². The van der Waals surface area contributed by atoms with Crippen molar-refractivity contribution < 1.29 is 4.79 Å². The van der Waals surface area contributed by atoms with Crippen molar-refractivity contribution in [2.75, 3.05) is 6.54 Å². The second-order valence-corrected chi connectivity index (χ2v) is 5.03. The summed E-state index contributed by atoms with van der Waals surface area (Å²) in [6.07, 6.45) is 8.66. The Balaban J connectivity index is 1.99. The van der Waals surface area contributed by atoms with E-state index >= 15 is 0 Å². The lowest BCUT2D eigenvalue weighted by atomic mass is 9.75. The first-order chi connectivity index (χ1) is 7.29. The Bertz CT molecular complexity index is 224. The van der Waals surface area contributed by atoms with Crippen LogP contribution in [-0.2, 0) is 4.79 Å². The second kappa shape index (κ2) is 4.97. The third-order valence-electron chi connectivity index (χ3n) is 4.03. The zero-order chi connectivity index (χ0) is 10.7. The quantitative estimate of drug-likeness (QED) is 0.724. The molecular weight excluding hydrogens is 188 g/mol. The fourth-order valence-electron chi connectivity index (χ4n) is 3.22. The molecule has 2 fully saturated rings. The summed E-state index contributed by atoms with van der Waals surface area (Å²) in [5, 5.41) is 3.52. The number of amides is 1. The number of rotatable bonds is 2. The van der Waals surface area contributed by atoms with Gasteiger partial charge in [0.2, 0.25) is 5.91 Å². The minimum Gasteiger partial charge on any atom is -0.369 e. The largest absolute Gasteiger partial charge is 0.369 e. The van der Waals surface area contributed by atoms with E-state index in [1.807, 2.05) is 0 Å². The predicted molar refractivity (Wildman–Crippen MR) is 60.3 cm³/mol. The van der Waals surface area contributed by atoms with Gasteiger partial charge in [0, 0.05) is 6.04 Å². The number of nitrogens with one attached hydrogen (secondary N) is 1. The van der Waals surface area contributed by atoms with Crippen molar-refractivity contribution in [1.82, 2.24) is 5.32 Å². The normalized spacial score (nSPS) is 33.9. The van der Waals surface area contributed by atoms with Gasteiger partial charge in [0.05, 0.1) is 5.92 Å². The van der Waals surface area contributed by atoms with E-state index in [1.54, 1.807) is 0 Å². The van der Waals surface area contributed by atoms with Crippen LogP contribution in [0.25, 0.3) is 0 Å². The van der Waals surface area contributed by atoms with Crippen molar-refractivity contribution in [3.63, 3.8) is 0 Å². The van der Waals surface area contributed by atoms with Gasteiger partial charge in [0.15, 0.2) is 0 Å². The molecule has 3 heteroatoms. The summed E-state index contributed by atoms with van der Waals surface area (Å²) in [4.78, 5) is 11.4. The van der Waals surface area contributed by atoms with Crippen LogP contribution in [0.3, 0.4) is 0 Å². The van der Waals surface area contributed by atoms with Crippen LogP contribution in [0.15, 0.2) is 0 Å². The highest BCUT2D eigenvalue weighted by Crippen LogP contribution is 2.32. The van der Waals surface area contributed by atoms with Crippen LogP contribution in [0.4, 0.5) is 0 Å². The lowest BCUT2D eigenvalue weighted by Gasteiger charge is -2.38. The van der Waals surface area contributed by atoms with Crippen LogP contribution >= 0.6 is 0 Å². The molecule has 15 heavy (non-hydrogen) atoms. The number of carbonyl (C=O) groups excluding carboxylic acids is 1. The van der Waals surface area contributed by atoms with E-state index in [1.165, 1.54) is 32.1 Å². The van der Waals surface area contributed by atoms with Crippen LogP contribution in [0.2, 0.25) is 0 Å². The first-order valence-corrected chi connectivity index (χ1v) is 6.32.